The molecule has 3 aromatic carbocycles. The summed E-state index contributed by atoms with van der Waals surface area (Å²) in [6, 6.07) is 4.60. The number of hydrogen-bond acceptors (Lipinski definition) is 15. The van der Waals surface area contributed by atoms with Crippen molar-refractivity contribution >= 4 is 57.6 Å². The Hall–Kier alpha value is -7.13. The lowest BCUT2D eigenvalue weighted by Crippen LogP contribution is -2.33. The third-order valence-electron chi connectivity index (χ3n) is 6.79. The highest BCUT2D eigenvalue weighted by molar-refractivity contribution is 5.87. The lowest BCUT2D eigenvalue weighted by atomic mass is 10.0. The quantitative estimate of drug-likeness (QED) is 0.0878. The van der Waals surface area contributed by atoms with Gasteiger partial charge in [-0.1, -0.05) is 12.1 Å². The number of nitro benzene ring substituents is 4. The first kappa shape index (κ1) is 36.3. The minimum absolute atomic E-state index is 0.0280. The second-order valence-electron chi connectivity index (χ2n) is 10.3. The number of primary amides is 2. The zero-order valence-electron chi connectivity index (χ0n) is 25.3. The SMILES string of the molecule is C[C@H](Nc1cc(N[C@H](Cc2ccc(Oc3cc(N[C@@H](C)C(N)=O)c([N+](=O)[O-])cc3[N+](=O)[O-])cc2)C(=O)O)c([N+](=O)[O-])cc1[N+](=O)[O-])C(N)=O. The number of amides is 2. The molecule has 0 aliphatic rings. The van der Waals surface area contributed by atoms with Crippen LogP contribution in [0.5, 0.6) is 11.5 Å². The Morgan fingerprint density at radius 3 is 1.51 bits per heavy atom. The molecule has 3 rings (SSSR count). The standard InChI is InChI=1S/C27H27N9O13/c1-12(25(28)37)30-16-8-17(21(34(43)44)10-20(16)33(41)42)32-19(27(39)40)7-14-3-5-15(6-4-14)49-24-9-18(31-13(2)26(29)38)22(35(45)46)11-23(24)36(47)48/h3-6,8-13,19,30-32H,7H2,1-2H3,(H2,28,37)(H2,29,38)(H,39,40)/t12-,13-,19+/m0/s1. The molecule has 22 heteroatoms. The summed E-state index contributed by atoms with van der Waals surface area (Å²) in [6.07, 6.45) is -0.318. The first-order valence-corrected chi connectivity index (χ1v) is 13.7. The molecule has 3 aromatic rings. The minimum Gasteiger partial charge on any atom is -0.480 e. The van der Waals surface area contributed by atoms with E-state index in [4.69, 9.17) is 16.2 Å². The maximum Gasteiger partial charge on any atom is 0.326 e. The summed E-state index contributed by atoms with van der Waals surface area (Å²) < 4.78 is 5.60. The Morgan fingerprint density at radius 1 is 0.694 bits per heavy atom. The minimum atomic E-state index is -1.55. The molecular formula is C27H27N9O13. The molecule has 0 spiro atoms. The lowest BCUT2D eigenvalue weighted by molar-refractivity contribution is -0.394. The monoisotopic (exact) mass is 685 g/mol. The van der Waals surface area contributed by atoms with E-state index >= 15 is 0 Å². The highest BCUT2D eigenvalue weighted by Gasteiger charge is 2.30. The number of ether oxygens (including phenoxy) is 1. The highest BCUT2D eigenvalue weighted by Crippen LogP contribution is 2.40. The molecule has 0 saturated heterocycles. The summed E-state index contributed by atoms with van der Waals surface area (Å²) in [5.74, 6) is -3.71. The second-order valence-corrected chi connectivity index (χ2v) is 10.3. The van der Waals surface area contributed by atoms with Crippen LogP contribution in [-0.2, 0) is 20.8 Å². The largest absolute Gasteiger partial charge is 0.480 e. The Bertz CT molecular complexity index is 1850. The van der Waals surface area contributed by atoms with Crippen molar-refractivity contribution in [2.45, 2.75) is 38.4 Å². The van der Waals surface area contributed by atoms with Crippen molar-refractivity contribution in [1.82, 2.24) is 0 Å². The first-order chi connectivity index (χ1) is 22.9. The number of carboxylic acid groups (broad SMARTS) is 1. The van der Waals surface area contributed by atoms with E-state index < -0.39 is 89.8 Å². The number of nitrogens with two attached hydrogens (primary N) is 2. The molecule has 0 aliphatic carbocycles. The van der Waals surface area contributed by atoms with Crippen molar-refractivity contribution in [2.75, 3.05) is 16.0 Å². The van der Waals surface area contributed by atoms with Crippen LogP contribution in [0.3, 0.4) is 0 Å². The molecule has 0 aliphatic heterocycles. The van der Waals surface area contributed by atoms with Gasteiger partial charge in [0.05, 0.1) is 31.8 Å². The van der Waals surface area contributed by atoms with E-state index in [2.05, 4.69) is 16.0 Å². The van der Waals surface area contributed by atoms with E-state index in [1.165, 1.54) is 38.1 Å². The molecule has 8 N–H and O–H groups in total. The smallest absolute Gasteiger partial charge is 0.326 e. The highest BCUT2D eigenvalue weighted by atomic mass is 16.6. The summed E-state index contributed by atoms with van der Waals surface area (Å²) >= 11 is 0. The fourth-order valence-electron chi connectivity index (χ4n) is 4.21. The molecule has 0 heterocycles. The number of anilines is 3. The Kier molecular flexibility index (Phi) is 11.1. The van der Waals surface area contributed by atoms with E-state index in [0.717, 1.165) is 12.1 Å². The molecule has 22 nitrogen and oxygen atoms in total. The Balaban J connectivity index is 1.93. The zero-order chi connectivity index (χ0) is 36.7. The van der Waals surface area contributed by atoms with E-state index in [1.807, 2.05) is 0 Å². The van der Waals surface area contributed by atoms with Crippen LogP contribution in [0, 0.1) is 40.5 Å². The number of nitro groups is 4. The van der Waals surface area contributed by atoms with E-state index in [9.17, 15) is 59.9 Å². The fourth-order valence-corrected chi connectivity index (χ4v) is 4.21. The molecule has 0 fully saturated rings. The van der Waals surface area contributed by atoms with Crippen LogP contribution in [0.1, 0.15) is 19.4 Å². The van der Waals surface area contributed by atoms with Crippen molar-refractivity contribution in [2.24, 2.45) is 11.5 Å². The van der Waals surface area contributed by atoms with Gasteiger partial charge < -0.3 is 37.3 Å². The van der Waals surface area contributed by atoms with Gasteiger partial charge in [0.1, 0.15) is 40.9 Å². The van der Waals surface area contributed by atoms with Crippen LogP contribution in [-0.4, -0.2) is 60.7 Å². The van der Waals surface area contributed by atoms with Crippen molar-refractivity contribution in [3.63, 3.8) is 0 Å². The molecule has 0 saturated carbocycles. The molecule has 0 radical (unpaired) electrons. The summed E-state index contributed by atoms with van der Waals surface area (Å²) in [4.78, 5) is 78.0. The Morgan fingerprint density at radius 2 is 1.10 bits per heavy atom. The van der Waals surface area contributed by atoms with Crippen LogP contribution in [0.4, 0.5) is 39.8 Å². The number of benzene rings is 3. The topological polar surface area (TPSA) is 341 Å². The number of carbonyl (C=O) groups excluding carboxylic acids is 2. The predicted octanol–water partition coefficient (Wildman–Crippen LogP) is 2.79. The van der Waals surface area contributed by atoms with Gasteiger partial charge in [0.25, 0.3) is 17.1 Å². The third kappa shape index (κ3) is 8.99. The summed E-state index contributed by atoms with van der Waals surface area (Å²) in [6.45, 7) is 2.60. The molecule has 0 unspecified atom stereocenters. The zero-order valence-corrected chi connectivity index (χ0v) is 25.3. The lowest BCUT2D eigenvalue weighted by Gasteiger charge is -2.18. The van der Waals surface area contributed by atoms with E-state index in [-0.39, 0.29) is 23.5 Å². The van der Waals surface area contributed by atoms with E-state index in [0.29, 0.717) is 17.7 Å². The van der Waals surface area contributed by atoms with Crippen molar-refractivity contribution < 1.29 is 43.9 Å². The van der Waals surface area contributed by atoms with Gasteiger partial charge >= 0.3 is 11.7 Å². The van der Waals surface area contributed by atoms with Gasteiger partial charge in [0.15, 0.2) is 0 Å². The molecule has 49 heavy (non-hydrogen) atoms. The maximum atomic E-state index is 12.2. The summed E-state index contributed by atoms with van der Waals surface area (Å²) in [7, 11) is 0. The molecule has 3 atom stereocenters. The molecule has 2 amide bonds. The molecule has 0 aromatic heterocycles. The maximum absolute atomic E-state index is 12.2. The van der Waals surface area contributed by atoms with Gasteiger partial charge in [0, 0.05) is 12.5 Å². The van der Waals surface area contributed by atoms with Crippen LogP contribution in [0.2, 0.25) is 0 Å². The number of nitrogens with one attached hydrogen (secondary N) is 3. The number of nitrogens with zero attached hydrogens (tertiary/aromatic N) is 4. The number of hydrogen-bond donors (Lipinski definition) is 6. The van der Waals surface area contributed by atoms with Crippen LogP contribution < -0.4 is 32.2 Å². The number of carbonyl (C=O) groups is 3. The normalized spacial score (nSPS) is 12.4. The van der Waals surface area contributed by atoms with Crippen molar-refractivity contribution in [3.8, 4) is 11.5 Å². The van der Waals surface area contributed by atoms with Gasteiger partial charge in [0.2, 0.25) is 17.6 Å². The summed E-state index contributed by atoms with van der Waals surface area (Å²) in [5, 5.41) is 63.9. The van der Waals surface area contributed by atoms with Gasteiger partial charge in [-0.25, -0.2) is 4.79 Å². The average Bonchev–Trinajstić information content (AvgIpc) is 3.00. The second kappa shape index (κ2) is 15.0. The van der Waals surface area contributed by atoms with E-state index in [1.54, 1.807) is 0 Å². The summed E-state index contributed by atoms with van der Waals surface area (Å²) in [5.41, 5.74) is 6.53. The first-order valence-electron chi connectivity index (χ1n) is 13.7. The van der Waals surface area contributed by atoms with Crippen LogP contribution in [0.25, 0.3) is 0 Å². The fraction of sp³-hybridized carbons (Fsp3) is 0.222. The van der Waals surface area contributed by atoms with Gasteiger partial charge in [-0.05, 0) is 37.6 Å². The van der Waals surface area contributed by atoms with Crippen molar-refractivity contribution in [3.05, 3.63) is 94.6 Å². The number of carboxylic acids is 1. The molecule has 0 bridgehead atoms. The molecular weight excluding hydrogens is 658 g/mol. The van der Waals surface area contributed by atoms with Crippen LogP contribution >= 0.6 is 0 Å². The molecule has 258 valence electrons. The van der Waals surface area contributed by atoms with Crippen molar-refractivity contribution in [1.29, 1.82) is 0 Å². The third-order valence-corrected chi connectivity index (χ3v) is 6.79. The average molecular weight is 686 g/mol. The van der Waals surface area contributed by atoms with Gasteiger partial charge in [-0.2, -0.15) is 0 Å². The number of rotatable bonds is 17. The number of aliphatic carboxylic acids is 1. The van der Waals surface area contributed by atoms with Gasteiger partial charge in [-0.15, -0.1) is 0 Å². The van der Waals surface area contributed by atoms with Gasteiger partial charge in [-0.3, -0.25) is 50.0 Å². The van der Waals surface area contributed by atoms with Crippen LogP contribution in [0.15, 0.2) is 48.5 Å². The predicted molar refractivity (Wildman–Crippen MR) is 169 cm³/mol. The Labute approximate surface area is 273 Å².